The normalized spacial score (nSPS) is 19.2. The number of hydrogen-bond donors (Lipinski definition) is 1. The van der Waals surface area contributed by atoms with E-state index in [0.29, 0.717) is 0 Å². The highest BCUT2D eigenvalue weighted by atomic mass is 32.2. The van der Waals surface area contributed by atoms with Crippen molar-refractivity contribution in [2.45, 2.75) is 77.8 Å². The van der Waals surface area contributed by atoms with Crippen molar-refractivity contribution < 1.29 is 24.0 Å². The molecular formula is C21H34N2O5S. The van der Waals surface area contributed by atoms with Crippen LogP contribution in [0, 0.1) is 17.8 Å². The summed E-state index contributed by atoms with van der Waals surface area (Å²) in [7, 11) is 0. The van der Waals surface area contributed by atoms with Crippen LogP contribution in [0.3, 0.4) is 0 Å². The highest BCUT2D eigenvalue weighted by molar-refractivity contribution is 8.01. The first-order chi connectivity index (χ1) is 13.3. The lowest BCUT2D eigenvalue weighted by atomic mass is 9.88. The van der Waals surface area contributed by atoms with Crippen molar-refractivity contribution >= 4 is 41.0 Å². The minimum atomic E-state index is -0.765. The Kier molecular flexibility index (Phi) is 9.52. The van der Waals surface area contributed by atoms with Gasteiger partial charge < -0.3 is 5.32 Å². The Balaban J connectivity index is 2.73. The van der Waals surface area contributed by atoms with Crippen LogP contribution < -0.4 is 5.32 Å². The molecule has 0 aromatic rings. The van der Waals surface area contributed by atoms with Gasteiger partial charge in [-0.25, -0.2) is 0 Å². The molecule has 1 heterocycles. The topological polar surface area (TPSA) is 101 Å². The maximum Gasteiger partial charge on any atom is 0.243 e. The van der Waals surface area contributed by atoms with Crippen molar-refractivity contribution in [1.29, 1.82) is 0 Å². The summed E-state index contributed by atoms with van der Waals surface area (Å²) in [5.41, 5.74) is 0. The molecule has 1 aliphatic heterocycles. The maximum absolute atomic E-state index is 12.7. The first-order valence-corrected chi connectivity index (χ1v) is 11.1. The molecule has 1 aliphatic rings. The summed E-state index contributed by atoms with van der Waals surface area (Å²) in [6.45, 7) is 12.4. The van der Waals surface area contributed by atoms with Gasteiger partial charge in [-0.05, 0) is 11.2 Å². The van der Waals surface area contributed by atoms with E-state index < -0.39 is 23.1 Å². The van der Waals surface area contributed by atoms with Gasteiger partial charge in [0.25, 0.3) is 0 Å². The van der Waals surface area contributed by atoms with E-state index in [1.54, 1.807) is 34.6 Å². The fourth-order valence-corrected chi connectivity index (χ4v) is 4.47. The van der Waals surface area contributed by atoms with Crippen molar-refractivity contribution in [3.8, 4) is 0 Å². The van der Waals surface area contributed by atoms with Gasteiger partial charge in [0.15, 0.2) is 5.78 Å². The second kappa shape index (κ2) is 10.9. The monoisotopic (exact) mass is 426 g/mol. The number of Topliss-reactive ketones (excluding diaryl/α,β-unsaturated/α-hetero) is 2. The second-order valence-electron chi connectivity index (χ2n) is 8.61. The molecule has 1 N–H and O–H groups in total. The van der Waals surface area contributed by atoms with Crippen LogP contribution in [0.4, 0.5) is 0 Å². The van der Waals surface area contributed by atoms with E-state index in [1.165, 1.54) is 11.8 Å². The molecule has 1 unspecified atom stereocenters. The molecule has 1 saturated heterocycles. The van der Waals surface area contributed by atoms with E-state index in [9.17, 15) is 24.0 Å². The summed E-state index contributed by atoms with van der Waals surface area (Å²) >= 11 is 1.41. The van der Waals surface area contributed by atoms with E-state index in [1.807, 2.05) is 13.8 Å². The largest absolute Gasteiger partial charge is 0.344 e. The van der Waals surface area contributed by atoms with Gasteiger partial charge in [-0.1, -0.05) is 48.5 Å². The molecule has 0 radical (unpaired) electrons. The third kappa shape index (κ3) is 7.24. The van der Waals surface area contributed by atoms with Gasteiger partial charge in [-0.15, -0.1) is 11.8 Å². The molecule has 1 fully saturated rings. The number of rotatable bonds is 11. The molecule has 3 atom stereocenters. The van der Waals surface area contributed by atoms with Gasteiger partial charge in [-0.2, -0.15) is 0 Å². The Labute approximate surface area is 177 Å². The van der Waals surface area contributed by atoms with Gasteiger partial charge in [0.1, 0.15) is 12.3 Å². The summed E-state index contributed by atoms with van der Waals surface area (Å²) in [6, 6.07) is -0.765. The van der Waals surface area contributed by atoms with Crippen molar-refractivity contribution in [2.75, 3.05) is 6.54 Å². The standard InChI is InChI=1S/C21H34N2O5S/c1-11(2)19(15(24)8-14(7)20(27)12(3)4)22-17(25)10-23-18(26)9-16(21(23)28)29-13(5)6/h11-14,16,19H,8-10H2,1-7H3,(H,22,25)/t14-,16?,19+/m1/s1. The Hall–Kier alpha value is -1.70. The third-order valence-corrected chi connectivity index (χ3v) is 6.07. The zero-order valence-electron chi connectivity index (χ0n) is 18.5. The number of nitrogens with zero attached hydrogens (tertiary/aromatic N) is 1. The number of ketones is 2. The molecule has 164 valence electrons. The molecule has 1 rings (SSSR count). The van der Waals surface area contributed by atoms with Crippen LogP contribution in [0.1, 0.15) is 61.3 Å². The summed E-state index contributed by atoms with van der Waals surface area (Å²) < 4.78 is 0. The molecule has 0 bridgehead atoms. The first-order valence-electron chi connectivity index (χ1n) is 10.2. The highest BCUT2D eigenvalue weighted by Gasteiger charge is 2.40. The number of likely N-dealkylation sites (tertiary alicyclic amines) is 1. The summed E-state index contributed by atoms with van der Waals surface area (Å²) in [6.07, 6.45) is 0.144. The van der Waals surface area contributed by atoms with Crippen molar-refractivity contribution in [3.63, 3.8) is 0 Å². The first kappa shape index (κ1) is 25.3. The average molecular weight is 427 g/mol. The van der Waals surface area contributed by atoms with Gasteiger partial charge in [-0.3, -0.25) is 28.9 Å². The third-order valence-electron chi connectivity index (χ3n) is 4.83. The van der Waals surface area contributed by atoms with Crippen LogP contribution in [0.15, 0.2) is 0 Å². The van der Waals surface area contributed by atoms with Gasteiger partial charge in [0.2, 0.25) is 17.7 Å². The molecule has 29 heavy (non-hydrogen) atoms. The number of amides is 3. The summed E-state index contributed by atoms with van der Waals surface area (Å²) in [5, 5.41) is 2.40. The quantitative estimate of drug-likeness (QED) is 0.509. The minimum Gasteiger partial charge on any atom is -0.344 e. The van der Waals surface area contributed by atoms with Crippen LogP contribution in [-0.4, -0.2) is 57.3 Å². The Morgan fingerprint density at radius 1 is 1.07 bits per heavy atom. The van der Waals surface area contributed by atoms with E-state index in [0.717, 1.165) is 4.90 Å². The number of thioether (sulfide) groups is 1. The second-order valence-corrected chi connectivity index (χ2v) is 10.4. The molecular weight excluding hydrogens is 392 g/mol. The van der Waals surface area contributed by atoms with Crippen molar-refractivity contribution in [3.05, 3.63) is 0 Å². The van der Waals surface area contributed by atoms with Crippen LogP contribution in [0.25, 0.3) is 0 Å². The van der Waals surface area contributed by atoms with Crippen LogP contribution >= 0.6 is 11.8 Å². The van der Waals surface area contributed by atoms with Gasteiger partial charge in [0.05, 0.1) is 11.3 Å². The van der Waals surface area contributed by atoms with E-state index in [-0.39, 0.29) is 59.9 Å². The molecule has 0 saturated carbocycles. The molecule has 0 aromatic heterocycles. The van der Waals surface area contributed by atoms with Crippen LogP contribution in [-0.2, 0) is 24.0 Å². The average Bonchev–Trinajstić information content (AvgIpc) is 2.85. The summed E-state index contributed by atoms with van der Waals surface area (Å²) in [4.78, 5) is 62.8. The lowest BCUT2D eigenvalue weighted by molar-refractivity contribution is -0.142. The molecule has 0 aliphatic carbocycles. The van der Waals surface area contributed by atoms with E-state index in [4.69, 9.17) is 0 Å². The number of nitrogens with one attached hydrogen (secondary N) is 1. The number of imide groups is 1. The van der Waals surface area contributed by atoms with Crippen LogP contribution in [0.5, 0.6) is 0 Å². The lowest BCUT2D eigenvalue weighted by Crippen LogP contribution is -2.49. The Bertz CT molecular complexity index is 659. The predicted octanol–water partition coefficient (Wildman–Crippen LogP) is 2.22. The zero-order valence-corrected chi connectivity index (χ0v) is 19.3. The molecule has 3 amide bonds. The SMILES string of the molecule is CC(C)SC1CC(=O)N(CC(=O)N[C@H](C(=O)C[C@@H](C)C(=O)C(C)C)C(C)C)C1=O. The fourth-order valence-electron chi connectivity index (χ4n) is 3.33. The molecule has 8 heteroatoms. The Morgan fingerprint density at radius 3 is 2.14 bits per heavy atom. The van der Waals surface area contributed by atoms with Crippen molar-refractivity contribution in [2.24, 2.45) is 17.8 Å². The van der Waals surface area contributed by atoms with Crippen LogP contribution in [0.2, 0.25) is 0 Å². The maximum atomic E-state index is 12.7. The van der Waals surface area contributed by atoms with E-state index in [2.05, 4.69) is 5.32 Å². The van der Waals surface area contributed by atoms with Gasteiger partial charge in [0, 0.05) is 24.7 Å². The zero-order chi connectivity index (χ0) is 22.5. The van der Waals surface area contributed by atoms with Crippen molar-refractivity contribution in [1.82, 2.24) is 10.2 Å². The number of hydrogen-bond acceptors (Lipinski definition) is 6. The molecule has 0 aromatic carbocycles. The molecule has 7 nitrogen and oxygen atoms in total. The number of carbonyl (C=O) groups excluding carboxylic acids is 5. The number of carbonyl (C=O) groups is 5. The Morgan fingerprint density at radius 2 is 1.66 bits per heavy atom. The minimum absolute atomic E-state index is 0.00846. The highest BCUT2D eigenvalue weighted by Crippen LogP contribution is 2.28. The lowest BCUT2D eigenvalue weighted by Gasteiger charge is -2.24. The fraction of sp³-hybridized carbons (Fsp3) is 0.762. The predicted molar refractivity (Wildman–Crippen MR) is 113 cm³/mol. The molecule has 0 spiro atoms. The van der Waals surface area contributed by atoms with E-state index >= 15 is 0 Å². The van der Waals surface area contributed by atoms with Gasteiger partial charge >= 0.3 is 0 Å². The summed E-state index contributed by atoms with van der Waals surface area (Å²) in [5.74, 6) is -2.24. The smallest absolute Gasteiger partial charge is 0.243 e.